The first-order valence-corrected chi connectivity index (χ1v) is 10.4. The molecule has 9 heteroatoms. The molecular weight excluding hydrogens is 452 g/mol. The summed E-state index contributed by atoms with van der Waals surface area (Å²) >= 11 is 4.47. The van der Waals surface area contributed by atoms with Crippen molar-refractivity contribution >= 4 is 38.5 Å². The largest absolute Gasteiger partial charge is 0.297 e. The fraction of sp³-hybridized carbons (Fsp3) is 0.150. The number of anilines is 1. The van der Waals surface area contributed by atoms with E-state index in [9.17, 15) is 4.79 Å². The number of carbonyl (C=O) groups is 1. The maximum atomic E-state index is 12.4. The van der Waals surface area contributed by atoms with Crippen molar-refractivity contribution in [2.45, 2.75) is 20.8 Å². The molecule has 0 aliphatic carbocycles. The molecule has 1 N–H and O–H groups in total. The molecule has 0 aliphatic rings. The Hall–Kier alpha value is -2.91. The van der Waals surface area contributed by atoms with Crippen molar-refractivity contribution in [2.75, 3.05) is 5.32 Å². The average Bonchev–Trinajstić information content (AvgIpc) is 3.29. The number of nitrogens with zero attached hydrogens (tertiary/aromatic N) is 5. The van der Waals surface area contributed by atoms with Crippen molar-refractivity contribution in [3.63, 3.8) is 0 Å². The summed E-state index contributed by atoms with van der Waals surface area (Å²) in [7, 11) is 0. The third-order valence-corrected chi connectivity index (χ3v) is 5.60. The van der Waals surface area contributed by atoms with E-state index in [2.05, 4.69) is 53.9 Å². The van der Waals surface area contributed by atoms with Crippen LogP contribution in [0.5, 0.6) is 0 Å². The van der Waals surface area contributed by atoms with Gasteiger partial charge in [-0.05, 0) is 56.7 Å². The topological polar surface area (TPSA) is 85.6 Å². The zero-order chi connectivity index (χ0) is 20.5. The van der Waals surface area contributed by atoms with Crippen LogP contribution in [0.25, 0.3) is 17.2 Å². The third-order valence-electron chi connectivity index (χ3n) is 4.44. The molecular formula is C20H17BrN6OS. The fourth-order valence-corrected chi connectivity index (χ4v) is 3.78. The zero-order valence-electron chi connectivity index (χ0n) is 16.0. The molecule has 0 fully saturated rings. The van der Waals surface area contributed by atoms with Crippen LogP contribution < -0.4 is 5.32 Å². The molecule has 0 saturated carbocycles. The van der Waals surface area contributed by atoms with Crippen LogP contribution in [0.4, 0.5) is 5.13 Å². The van der Waals surface area contributed by atoms with Crippen LogP contribution in [0.2, 0.25) is 0 Å². The predicted octanol–water partition coefficient (Wildman–Crippen LogP) is 4.73. The number of rotatable bonds is 4. The number of carbonyl (C=O) groups excluding carboxylic acids is 1. The smallest absolute Gasteiger partial charge is 0.257 e. The lowest BCUT2D eigenvalue weighted by Gasteiger charge is -2.07. The monoisotopic (exact) mass is 468 g/mol. The molecule has 0 atom stereocenters. The van der Waals surface area contributed by atoms with Gasteiger partial charge in [-0.3, -0.25) is 10.1 Å². The van der Waals surface area contributed by atoms with Crippen LogP contribution in [-0.4, -0.2) is 30.3 Å². The number of hydrogen-bond donors (Lipinski definition) is 1. The molecule has 2 aromatic heterocycles. The maximum Gasteiger partial charge on any atom is 0.257 e. The molecule has 2 aromatic carbocycles. The lowest BCUT2D eigenvalue weighted by atomic mass is 10.1. The van der Waals surface area contributed by atoms with Gasteiger partial charge in [0.15, 0.2) is 11.5 Å². The zero-order valence-corrected chi connectivity index (χ0v) is 18.4. The van der Waals surface area contributed by atoms with E-state index < -0.39 is 0 Å². The molecule has 2 heterocycles. The Labute approximate surface area is 180 Å². The van der Waals surface area contributed by atoms with Crippen molar-refractivity contribution in [1.29, 1.82) is 0 Å². The maximum absolute atomic E-state index is 12.4. The van der Waals surface area contributed by atoms with Gasteiger partial charge in [-0.25, -0.2) is 4.68 Å². The summed E-state index contributed by atoms with van der Waals surface area (Å²) in [4.78, 5) is 16.8. The molecule has 1 amide bonds. The lowest BCUT2D eigenvalue weighted by molar-refractivity contribution is 0.102. The second-order valence-corrected chi connectivity index (χ2v) is 8.28. The van der Waals surface area contributed by atoms with Crippen LogP contribution in [0, 0.1) is 20.8 Å². The fourth-order valence-electron chi connectivity index (χ4n) is 2.95. The molecule has 29 heavy (non-hydrogen) atoms. The summed E-state index contributed by atoms with van der Waals surface area (Å²) in [5.74, 6) is 0.200. The Balaban J connectivity index is 1.58. The first-order valence-electron chi connectivity index (χ1n) is 8.83. The van der Waals surface area contributed by atoms with Gasteiger partial charge in [0.1, 0.15) is 0 Å². The number of aromatic nitrogens is 5. The molecule has 0 aliphatic heterocycles. The van der Waals surface area contributed by atoms with E-state index in [-0.39, 0.29) is 5.91 Å². The van der Waals surface area contributed by atoms with E-state index in [0.717, 1.165) is 32.9 Å². The van der Waals surface area contributed by atoms with Crippen molar-refractivity contribution in [2.24, 2.45) is 0 Å². The highest BCUT2D eigenvalue weighted by Gasteiger charge is 2.18. The van der Waals surface area contributed by atoms with Crippen molar-refractivity contribution < 1.29 is 4.79 Å². The van der Waals surface area contributed by atoms with E-state index in [4.69, 9.17) is 0 Å². The summed E-state index contributed by atoms with van der Waals surface area (Å²) in [6, 6.07) is 13.3. The van der Waals surface area contributed by atoms with E-state index >= 15 is 0 Å². The first-order chi connectivity index (χ1) is 13.9. The van der Waals surface area contributed by atoms with Crippen LogP contribution in [-0.2, 0) is 0 Å². The summed E-state index contributed by atoms with van der Waals surface area (Å²) < 4.78 is 7.04. The van der Waals surface area contributed by atoms with Gasteiger partial charge in [0.25, 0.3) is 5.91 Å². The minimum Gasteiger partial charge on any atom is -0.297 e. The minimum absolute atomic E-state index is 0.240. The number of halogens is 1. The number of benzene rings is 2. The normalized spacial score (nSPS) is 10.9. The van der Waals surface area contributed by atoms with E-state index in [1.54, 1.807) is 16.8 Å². The highest BCUT2D eigenvalue weighted by atomic mass is 79.9. The average molecular weight is 469 g/mol. The van der Waals surface area contributed by atoms with E-state index in [1.165, 1.54) is 5.56 Å². The second-order valence-electron chi connectivity index (χ2n) is 6.61. The van der Waals surface area contributed by atoms with Gasteiger partial charge in [0.2, 0.25) is 5.13 Å². The van der Waals surface area contributed by atoms with Gasteiger partial charge in [-0.15, -0.1) is 5.10 Å². The Morgan fingerprint density at radius 1 is 1.10 bits per heavy atom. The SMILES string of the molecule is Cc1ccc(-n2nnc(-c3nsc(NC(=O)c4ccc(Br)cc4)n3)c2C)c(C)c1. The molecule has 0 unspecified atom stereocenters. The molecule has 0 bridgehead atoms. The summed E-state index contributed by atoms with van der Waals surface area (Å²) in [6.45, 7) is 6.02. The van der Waals surface area contributed by atoms with Gasteiger partial charge in [-0.2, -0.15) is 9.36 Å². The Bertz CT molecular complexity index is 1200. The van der Waals surface area contributed by atoms with Gasteiger partial charge < -0.3 is 0 Å². The Kier molecular flexibility index (Phi) is 5.25. The predicted molar refractivity (Wildman–Crippen MR) is 117 cm³/mol. The van der Waals surface area contributed by atoms with Crippen molar-refractivity contribution in [1.82, 2.24) is 24.4 Å². The van der Waals surface area contributed by atoms with Crippen LogP contribution in [0.1, 0.15) is 27.2 Å². The van der Waals surface area contributed by atoms with Gasteiger partial charge in [0, 0.05) is 21.6 Å². The van der Waals surface area contributed by atoms with E-state index in [0.29, 0.717) is 22.2 Å². The first kappa shape index (κ1) is 19.4. The number of aryl methyl sites for hydroxylation is 2. The molecule has 146 valence electrons. The molecule has 0 saturated heterocycles. The van der Waals surface area contributed by atoms with Crippen molar-refractivity contribution in [3.05, 3.63) is 69.3 Å². The summed E-state index contributed by atoms with van der Waals surface area (Å²) in [5, 5.41) is 11.7. The standard InChI is InChI=1S/C20H17BrN6OS/c1-11-4-9-16(12(2)10-11)27-13(3)17(24-26-27)18-22-20(29-25-18)23-19(28)14-5-7-15(21)8-6-14/h4-10H,1-3H3,(H,22,23,25,28). The third kappa shape index (κ3) is 3.96. The summed E-state index contributed by atoms with van der Waals surface area (Å²) in [6.07, 6.45) is 0. The van der Waals surface area contributed by atoms with Gasteiger partial charge in [-0.1, -0.05) is 38.8 Å². The molecule has 0 radical (unpaired) electrons. The lowest BCUT2D eigenvalue weighted by Crippen LogP contribution is -2.11. The van der Waals surface area contributed by atoms with Crippen molar-refractivity contribution in [3.8, 4) is 17.2 Å². The Morgan fingerprint density at radius 3 is 2.59 bits per heavy atom. The summed E-state index contributed by atoms with van der Waals surface area (Å²) in [5.41, 5.74) is 5.23. The van der Waals surface area contributed by atoms with Crippen LogP contribution in [0.3, 0.4) is 0 Å². The number of hydrogen-bond acceptors (Lipinski definition) is 6. The second kappa shape index (κ2) is 7.84. The molecule has 4 rings (SSSR count). The number of nitrogens with one attached hydrogen (secondary N) is 1. The number of amides is 1. The Morgan fingerprint density at radius 2 is 1.86 bits per heavy atom. The highest BCUT2D eigenvalue weighted by Crippen LogP contribution is 2.25. The van der Waals surface area contributed by atoms with Gasteiger partial charge in [0.05, 0.1) is 11.4 Å². The highest BCUT2D eigenvalue weighted by molar-refractivity contribution is 9.10. The van der Waals surface area contributed by atoms with Gasteiger partial charge >= 0.3 is 0 Å². The van der Waals surface area contributed by atoms with E-state index in [1.807, 2.05) is 38.1 Å². The molecule has 4 aromatic rings. The van der Waals surface area contributed by atoms with Crippen LogP contribution >= 0.6 is 27.5 Å². The quantitative estimate of drug-likeness (QED) is 0.467. The molecule has 0 spiro atoms. The molecule has 7 nitrogen and oxygen atoms in total. The van der Waals surface area contributed by atoms with Crippen LogP contribution in [0.15, 0.2) is 46.9 Å². The minimum atomic E-state index is -0.240.